The van der Waals surface area contributed by atoms with Crippen molar-refractivity contribution >= 4 is 40.1 Å². The Morgan fingerprint density at radius 1 is 1.11 bits per heavy atom. The molecule has 3 aromatic rings. The van der Waals surface area contributed by atoms with Crippen molar-refractivity contribution in [3.8, 4) is 11.1 Å². The molecule has 0 amide bonds. The summed E-state index contributed by atoms with van der Waals surface area (Å²) < 4.78 is 36.3. The van der Waals surface area contributed by atoms with Gasteiger partial charge in [0.2, 0.25) is 0 Å². The van der Waals surface area contributed by atoms with Crippen molar-refractivity contribution in [2.45, 2.75) is 44.7 Å². The third-order valence-corrected chi connectivity index (χ3v) is 8.49. The molecule has 2 aliphatic heterocycles. The fourth-order valence-corrected chi connectivity index (χ4v) is 7.06. The molecule has 0 N–H and O–H groups in total. The second kappa shape index (κ2) is 9.37. The lowest BCUT2D eigenvalue weighted by molar-refractivity contribution is 0.107. The summed E-state index contributed by atoms with van der Waals surface area (Å²) in [5, 5.41) is 0.714. The number of aromatic nitrogens is 2. The maximum absolute atomic E-state index is 15.1. The molecule has 3 heterocycles. The maximum atomic E-state index is 15.1. The number of halogens is 3. The fraction of sp³-hybridized carbons (Fsp3) is 0.462. The first kappa shape index (κ1) is 24.5. The van der Waals surface area contributed by atoms with E-state index in [2.05, 4.69) is 23.7 Å². The molecular formula is C26H28ClF2N3O2S. The van der Waals surface area contributed by atoms with Crippen molar-refractivity contribution in [1.29, 1.82) is 0 Å². The standard InChI is InChI=1S/C26H28ClF2N3O2S/c1-13-5-14(2)10-31(9-13)25-18-6-15(3)22(17-7-19(27)21(29)8-20(17)28)24-23(18)32(26(33)30-25)11-16(34-4)12-35-24/h6-8,13-14,16H,5,9-12H2,1-4H3/t13-,14+,16-/m1/s1. The highest BCUT2D eigenvalue weighted by atomic mass is 35.5. The van der Waals surface area contributed by atoms with Crippen molar-refractivity contribution in [3.63, 3.8) is 0 Å². The third kappa shape index (κ3) is 4.34. The van der Waals surface area contributed by atoms with Gasteiger partial charge in [0.05, 0.1) is 23.2 Å². The Bertz CT molecular complexity index is 1370. The molecule has 0 saturated carbocycles. The summed E-state index contributed by atoms with van der Waals surface area (Å²) in [6.45, 7) is 8.33. The number of nitrogens with zero attached hydrogens (tertiary/aromatic N) is 3. The van der Waals surface area contributed by atoms with Gasteiger partial charge in [0, 0.05) is 53.4 Å². The van der Waals surface area contributed by atoms with Crippen molar-refractivity contribution in [2.24, 2.45) is 11.8 Å². The minimum atomic E-state index is -0.805. The van der Waals surface area contributed by atoms with Crippen LogP contribution < -0.4 is 10.6 Å². The minimum Gasteiger partial charge on any atom is -0.379 e. The molecule has 0 unspecified atom stereocenters. The van der Waals surface area contributed by atoms with Gasteiger partial charge in [-0.1, -0.05) is 25.4 Å². The zero-order chi connectivity index (χ0) is 25.0. The van der Waals surface area contributed by atoms with E-state index in [0.29, 0.717) is 35.5 Å². The number of rotatable bonds is 3. The van der Waals surface area contributed by atoms with Crippen molar-refractivity contribution in [1.82, 2.24) is 9.55 Å². The van der Waals surface area contributed by atoms with Gasteiger partial charge in [-0.15, -0.1) is 11.8 Å². The number of aryl methyl sites for hydroxylation is 1. The quantitative estimate of drug-likeness (QED) is 0.403. The van der Waals surface area contributed by atoms with Crippen LogP contribution >= 0.6 is 23.4 Å². The van der Waals surface area contributed by atoms with Gasteiger partial charge in [-0.05, 0) is 42.9 Å². The van der Waals surface area contributed by atoms with Crippen LogP contribution in [0.3, 0.4) is 0 Å². The van der Waals surface area contributed by atoms with Crippen LogP contribution in [0.1, 0.15) is 25.8 Å². The summed E-state index contributed by atoms with van der Waals surface area (Å²) in [5.41, 5.74) is 2.01. The minimum absolute atomic E-state index is 0.148. The summed E-state index contributed by atoms with van der Waals surface area (Å²) in [6, 6.07) is 4.12. The monoisotopic (exact) mass is 519 g/mol. The van der Waals surface area contributed by atoms with Crippen LogP contribution in [0, 0.1) is 30.4 Å². The summed E-state index contributed by atoms with van der Waals surface area (Å²) >= 11 is 7.58. The lowest BCUT2D eigenvalue weighted by Crippen LogP contribution is -2.41. The van der Waals surface area contributed by atoms with E-state index >= 15 is 4.39 Å². The average Bonchev–Trinajstić information content (AvgIpc) is 2.99. The van der Waals surface area contributed by atoms with Crippen LogP contribution in [0.5, 0.6) is 0 Å². The van der Waals surface area contributed by atoms with Crippen LogP contribution in [0.4, 0.5) is 14.6 Å². The van der Waals surface area contributed by atoms with Gasteiger partial charge in [-0.3, -0.25) is 4.57 Å². The van der Waals surface area contributed by atoms with Gasteiger partial charge in [0.15, 0.2) is 0 Å². The SMILES string of the molecule is CO[C@H]1CSc2c(-c3cc(Cl)c(F)cc3F)c(C)cc3c(N4C[C@H](C)C[C@H](C)C4)nc(=O)n(c23)C1. The Labute approximate surface area is 212 Å². The molecule has 186 valence electrons. The molecule has 2 aromatic carbocycles. The van der Waals surface area contributed by atoms with E-state index in [-0.39, 0.29) is 22.4 Å². The summed E-state index contributed by atoms with van der Waals surface area (Å²) in [6.07, 6.45) is 0.918. The van der Waals surface area contributed by atoms with Gasteiger partial charge < -0.3 is 9.64 Å². The number of benzene rings is 2. The molecule has 5 rings (SSSR count). The van der Waals surface area contributed by atoms with E-state index in [9.17, 15) is 9.18 Å². The molecule has 9 heteroatoms. The predicted molar refractivity (Wildman–Crippen MR) is 138 cm³/mol. The smallest absolute Gasteiger partial charge is 0.350 e. The molecule has 35 heavy (non-hydrogen) atoms. The number of hydrogen-bond acceptors (Lipinski definition) is 5. The van der Waals surface area contributed by atoms with Crippen molar-refractivity contribution in [2.75, 3.05) is 30.9 Å². The second-order valence-electron chi connectivity index (χ2n) is 9.89. The average molecular weight is 520 g/mol. The largest absolute Gasteiger partial charge is 0.379 e. The molecular weight excluding hydrogens is 492 g/mol. The Morgan fingerprint density at radius 3 is 2.51 bits per heavy atom. The summed E-state index contributed by atoms with van der Waals surface area (Å²) in [7, 11) is 1.62. The number of ether oxygens (including phenoxy) is 1. The maximum Gasteiger partial charge on any atom is 0.350 e. The van der Waals surface area contributed by atoms with Gasteiger partial charge in [-0.25, -0.2) is 13.6 Å². The molecule has 3 atom stereocenters. The van der Waals surface area contributed by atoms with Crippen molar-refractivity contribution in [3.05, 3.63) is 50.9 Å². The number of methoxy groups -OCH3 is 1. The van der Waals surface area contributed by atoms with Gasteiger partial charge in [0.1, 0.15) is 17.5 Å². The molecule has 0 bridgehead atoms. The van der Waals surface area contributed by atoms with E-state index in [0.717, 1.165) is 46.9 Å². The molecule has 1 aromatic heterocycles. The number of anilines is 1. The summed E-state index contributed by atoms with van der Waals surface area (Å²) in [5.74, 6) is 0.714. The van der Waals surface area contributed by atoms with Gasteiger partial charge in [0.25, 0.3) is 0 Å². The van der Waals surface area contributed by atoms with E-state index < -0.39 is 11.6 Å². The zero-order valence-electron chi connectivity index (χ0n) is 20.2. The Kier molecular flexibility index (Phi) is 6.57. The normalized spacial score (nSPS) is 22.5. The van der Waals surface area contributed by atoms with E-state index in [4.69, 9.17) is 16.3 Å². The van der Waals surface area contributed by atoms with Gasteiger partial charge in [-0.2, -0.15) is 4.98 Å². The van der Waals surface area contributed by atoms with E-state index in [1.54, 1.807) is 11.7 Å². The summed E-state index contributed by atoms with van der Waals surface area (Å²) in [4.78, 5) is 20.9. The highest BCUT2D eigenvalue weighted by molar-refractivity contribution is 7.99. The van der Waals surface area contributed by atoms with E-state index in [1.807, 2.05) is 13.0 Å². The predicted octanol–water partition coefficient (Wildman–Crippen LogP) is 5.91. The second-order valence-corrected chi connectivity index (χ2v) is 11.3. The molecule has 0 aliphatic carbocycles. The zero-order valence-corrected chi connectivity index (χ0v) is 21.8. The Morgan fingerprint density at radius 2 is 1.83 bits per heavy atom. The highest BCUT2D eigenvalue weighted by Gasteiger charge is 2.30. The van der Waals surface area contributed by atoms with Crippen molar-refractivity contribution < 1.29 is 13.5 Å². The lowest BCUT2D eigenvalue weighted by Gasteiger charge is -2.36. The van der Waals surface area contributed by atoms with Crippen LogP contribution in [0.15, 0.2) is 27.9 Å². The Hall–Kier alpha value is -2.16. The van der Waals surface area contributed by atoms with Crippen LogP contribution in [0.2, 0.25) is 5.02 Å². The lowest BCUT2D eigenvalue weighted by atomic mass is 9.91. The molecule has 0 spiro atoms. The molecule has 0 radical (unpaired) electrons. The first-order valence-corrected chi connectivity index (χ1v) is 13.2. The first-order valence-electron chi connectivity index (χ1n) is 11.8. The van der Waals surface area contributed by atoms with Crippen LogP contribution in [-0.2, 0) is 11.3 Å². The molecule has 5 nitrogen and oxygen atoms in total. The third-order valence-electron chi connectivity index (χ3n) is 6.98. The van der Waals surface area contributed by atoms with Crippen LogP contribution in [0.25, 0.3) is 22.0 Å². The highest BCUT2D eigenvalue weighted by Crippen LogP contribution is 2.45. The molecule has 1 saturated heterocycles. The van der Waals surface area contributed by atoms with E-state index in [1.165, 1.54) is 17.8 Å². The topological polar surface area (TPSA) is 47.4 Å². The molecule has 1 fully saturated rings. The number of piperidine rings is 1. The number of hydrogen-bond donors (Lipinski definition) is 0. The Balaban J connectivity index is 1.84. The number of thioether (sulfide) groups is 1. The first-order chi connectivity index (χ1) is 16.7. The van der Waals surface area contributed by atoms with Crippen LogP contribution in [-0.4, -0.2) is 41.6 Å². The molecule has 2 aliphatic rings. The fourth-order valence-electron chi connectivity index (χ4n) is 5.53. The van der Waals surface area contributed by atoms with Gasteiger partial charge >= 0.3 is 5.69 Å².